The molecule has 0 radical (unpaired) electrons. The number of imide groups is 1. The molecule has 2 fully saturated rings. The molecule has 132 valence electrons. The molecule has 3 heterocycles. The van der Waals surface area contributed by atoms with Crippen molar-refractivity contribution in [3.8, 4) is 0 Å². The Balaban J connectivity index is 1.69. The fourth-order valence-electron chi connectivity index (χ4n) is 3.67. The van der Waals surface area contributed by atoms with Gasteiger partial charge < -0.3 is 14.4 Å². The standard InChI is InChI=1S/C19H22N2O4/c22-18-16(14-5-2-1-3-6-14)17(20-8-11-24-12-9-20)19(23)21(18)13-15-7-4-10-25-15/h1-3,5-6,15H,4,7-13H2. The SMILES string of the molecule is O=C1C(c2ccccc2)=C(N2CCOCC2)C(=O)N1CC1CCCO1. The van der Waals surface area contributed by atoms with E-state index in [0.29, 0.717) is 50.7 Å². The van der Waals surface area contributed by atoms with Crippen molar-refractivity contribution >= 4 is 17.4 Å². The van der Waals surface area contributed by atoms with Crippen molar-refractivity contribution in [2.24, 2.45) is 0 Å². The largest absolute Gasteiger partial charge is 0.378 e. The molecule has 0 bridgehead atoms. The number of amides is 2. The lowest BCUT2D eigenvalue weighted by Crippen LogP contribution is -2.42. The quantitative estimate of drug-likeness (QED) is 0.772. The Hall–Kier alpha value is -2.18. The van der Waals surface area contributed by atoms with E-state index in [0.717, 1.165) is 18.4 Å². The van der Waals surface area contributed by atoms with E-state index in [9.17, 15) is 9.59 Å². The van der Waals surface area contributed by atoms with E-state index in [1.54, 1.807) is 0 Å². The van der Waals surface area contributed by atoms with Crippen LogP contribution in [0.5, 0.6) is 0 Å². The minimum atomic E-state index is -0.215. The predicted molar refractivity (Wildman–Crippen MR) is 91.4 cm³/mol. The Morgan fingerprint density at radius 3 is 2.44 bits per heavy atom. The molecular weight excluding hydrogens is 320 g/mol. The third-order valence-electron chi connectivity index (χ3n) is 4.94. The molecule has 0 spiro atoms. The molecule has 4 rings (SSSR count). The maximum Gasteiger partial charge on any atom is 0.277 e. The van der Waals surface area contributed by atoms with Gasteiger partial charge in [0.25, 0.3) is 11.8 Å². The van der Waals surface area contributed by atoms with Crippen LogP contribution in [0.15, 0.2) is 36.0 Å². The summed E-state index contributed by atoms with van der Waals surface area (Å²) < 4.78 is 11.0. The Labute approximate surface area is 147 Å². The molecule has 3 aliphatic rings. The Morgan fingerprint density at radius 1 is 1.00 bits per heavy atom. The van der Waals surface area contributed by atoms with Crippen LogP contribution in [0, 0.1) is 0 Å². The minimum absolute atomic E-state index is 0.0473. The van der Waals surface area contributed by atoms with Crippen LogP contribution >= 0.6 is 0 Å². The number of benzene rings is 1. The van der Waals surface area contributed by atoms with E-state index < -0.39 is 0 Å². The first-order chi connectivity index (χ1) is 12.3. The molecule has 6 heteroatoms. The van der Waals surface area contributed by atoms with Crippen molar-refractivity contribution in [3.05, 3.63) is 41.6 Å². The zero-order valence-electron chi connectivity index (χ0n) is 14.1. The zero-order valence-corrected chi connectivity index (χ0v) is 14.1. The number of ether oxygens (including phenoxy) is 2. The number of nitrogens with zero attached hydrogens (tertiary/aromatic N) is 2. The van der Waals surface area contributed by atoms with Gasteiger partial charge in [-0.25, -0.2) is 0 Å². The van der Waals surface area contributed by atoms with Gasteiger partial charge in [0.2, 0.25) is 0 Å². The molecule has 0 aliphatic carbocycles. The van der Waals surface area contributed by atoms with Crippen molar-refractivity contribution in [2.75, 3.05) is 39.5 Å². The zero-order chi connectivity index (χ0) is 17.2. The summed E-state index contributed by atoms with van der Waals surface area (Å²) in [6.07, 6.45) is 1.83. The summed E-state index contributed by atoms with van der Waals surface area (Å²) in [6.45, 7) is 3.42. The van der Waals surface area contributed by atoms with Crippen molar-refractivity contribution in [2.45, 2.75) is 18.9 Å². The van der Waals surface area contributed by atoms with Crippen LogP contribution in [0.25, 0.3) is 5.57 Å². The first-order valence-corrected chi connectivity index (χ1v) is 8.86. The second kappa shape index (κ2) is 6.98. The average molecular weight is 342 g/mol. The molecule has 0 aromatic heterocycles. The molecule has 0 N–H and O–H groups in total. The van der Waals surface area contributed by atoms with E-state index >= 15 is 0 Å². The molecule has 1 atom stereocenters. The van der Waals surface area contributed by atoms with E-state index in [4.69, 9.17) is 9.47 Å². The molecule has 1 aromatic rings. The predicted octanol–water partition coefficient (Wildman–Crippen LogP) is 1.28. The van der Waals surface area contributed by atoms with Crippen molar-refractivity contribution in [1.82, 2.24) is 9.80 Å². The highest BCUT2D eigenvalue weighted by atomic mass is 16.5. The topological polar surface area (TPSA) is 59.1 Å². The highest BCUT2D eigenvalue weighted by molar-refractivity contribution is 6.35. The number of carbonyl (C=O) groups is 2. The van der Waals surface area contributed by atoms with Gasteiger partial charge in [-0.2, -0.15) is 0 Å². The van der Waals surface area contributed by atoms with E-state index in [1.165, 1.54) is 4.90 Å². The average Bonchev–Trinajstić information content (AvgIpc) is 3.25. The van der Waals surface area contributed by atoms with Gasteiger partial charge in [-0.15, -0.1) is 0 Å². The van der Waals surface area contributed by atoms with Crippen molar-refractivity contribution in [1.29, 1.82) is 0 Å². The lowest BCUT2D eigenvalue weighted by Gasteiger charge is -2.29. The van der Waals surface area contributed by atoms with E-state index in [-0.39, 0.29) is 17.9 Å². The lowest BCUT2D eigenvalue weighted by molar-refractivity contribution is -0.139. The summed E-state index contributed by atoms with van der Waals surface area (Å²) in [7, 11) is 0. The summed E-state index contributed by atoms with van der Waals surface area (Å²) in [6, 6.07) is 9.45. The molecule has 2 saturated heterocycles. The monoisotopic (exact) mass is 342 g/mol. The number of hydrogen-bond acceptors (Lipinski definition) is 5. The smallest absolute Gasteiger partial charge is 0.277 e. The van der Waals surface area contributed by atoms with Crippen molar-refractivity contribution < 1.29 is 19.1 Å². The fourth-order valence-corrected chi connectivity index (χ4v) is 3.67. The van der Waals surface area contributed by atoms with Gasteiger partial charge in [0.15, 0.2) is 0 Å². The van der Waals surface area contributed by atoms with Crippen LogP contribution in [0.3, 0.4) is 0 Å². The second-order valence-electron chi connectivity index (χ2n) is 6.54. The van der Waals surface area contributed by atoms with Gasteiger partial charge >= 0.3 is 0 Å². The van der Waals surface area contributed by atoms with Crippen LogP contribution in [-0.4, -0.2) is 67.2 Å². The van der Waals surface area contributed by atoms with E-state index in [1.807, 2.05) is 35.2 Å². The summed E-state index contributed by atoms with van der Waals surface area (Å²) in [4.78, 5) is 29.5. The molecule has 2 amide bonds. The van der Waals surface area contributed by atoms with Crippen LogP contribution in [0.2, 0.25) is 0 Å². The number of rotatable bonds is 4. The molecule has 1 unspecified atom stereocenters. The van der Waals surface area contributed by atoms with Gasteiger partial charge in [0.05, 0.1) is 31.4 Å². The summed E-state index contributed by atoms with van der Waals surface area (Å²) in [5, 5.41) is 0. The fraction of sp³-hybridized carbons (Fsp3) is 0.474. The molecule has 1 aromatic carbocycles. The molecular formula is C19H22N2O4. The first kappa shape index (κ1) is 16.3. The lowest BCUT2D eigenvalue weighted by atomic mass is 10.0. The number of morpholine rings is 1. The Bertz CT molecular complexity index is 689. The van der Waals surface area contributed by atoms with Gasteiger partial charge in [-0.3, -0.25) is 14.5 Å². The molecule has 25 heavy (non-hydrogen) atoms. The van der Waals surface area contributed by atoms with Gasteiger partial charge in [0, 0.05) is 19.7 Å². The highest BCUT2D eigenvalue weighted by Crippen LogP contribution is 2.32. The van der Waals surface area contributed by atoms with Gasteiger partial charge in [-0.05, 0) is 18.4 Å². The summed E-state index contributed by atoms with van der Waals surface area (Å²) >= 11 is 0. The number of hydrogen-bond donors (Lipinski definition) is 0. The number of carbonyl (C=O) groups excluding carboxylic acids is 2. The van der Waals surface area contributed by atoms with E-state index in [2.05, 4.69) is 0 Å². The summed E-state index contributed by atoms with van der Waals surface area (Å²) in [5.41, 5.74) is 1.81. The van der Waals surface area contributed by atoms with Crippen LogP contribution in [0.1, 0.15) is 18.4 Å². The van der Waals surface area contributed by atoms with Crippen LogP contribution in [-0.2, 0) is 19.1 Å². The molecule has 3 aliphatic heterocycles. The minimum Gasteiger partial charge on any atom is -0.378 e. The maximum atomic E-state index is 13.1. The molecule has 0 saturated carbocycles. The second-order valence-corrected chi connectivity index (χ2v) is 6.54. The Morgan fingerprint density at radius 2 is 1.76 bits per heavy atom. The van der Waals surface area contributed by atoms with Gasteiger partial charge in [-0.1, -0.05) is 30.3 Å². The van der Waals surface area contributed by atoms with Crippen molar-refractivity contribution in [3.63, 3.8) is 0 Å². The first-order valence-electron chi connectivity index (χ1n) is 8.86. The maximum absolute atomic E-state index is 13.1. The normalized spacial score (nSPS) is 24.6. The summed E-state index contributed by atoms with van der Waals surface area (Å²) in [5.74, 6) is -0.422. The molecule has 6 nitrogen and oxygen atoms in total. The van der Waals surface area contributed by atoms with Gasteiger partial charge in [0.1, 0.15) is 5.70 Å². The third-order valence-corrected chi connectivity index (χ3v) is 4.94. The third kappa shape index (κ3) is 3.07. The van der Waals surface area contributed by atoms with Crippen LogP contribution in [0.4, 0.5) is 0 Å². The Kier molecular flexibility index (Phi) is 4.55. The highest BCUT2D eigenvalue weighted by Gasteiger charge is 2.42. The van der Waals surface area contributed by atoms with Crippen LogP contribution < -0.4 is 0 Å².